The van der Waals surface area contributed by atoms with Crippen molar-refractivity contribution in [3.05, 3.63) is 11.6 Å². The Kier molecular flexibility index (Phi) is 2.94. The first-order valence-corrected chi connectivity index (χ1v) is 5.75. The van der Waals surface area contributed by atoms with E-state index in [-0.39, 0.29) is 11.8 Å². The molecule has 0 spiro atoms. The number of nitrogens with zero attached hydrogens (tertiary/aromatic N) is 4. The van der Waals surface area contributed by atoms with Gasteiger partial charge in [-0.15, -0.1) is 10.2 Å². The highest BCUT2D eigenvalue weighted by Gasteiger charge is 2.20. The lowest BCUT2D eigenvalue weighted by molar-refractivity contribution is -0.133. The predicted octanol–water partition coefficient (Wildman–Crippen LogP) is 0.839. The summed E-state index contributed by atoms with van der Waals surface area (Å²) in [4.78, 5) is 13.5. The van der Waals surface area contributed by atoms with E-state index in [1.54, 1.807) is 4.90 Å². The Bertz CT molecular complexity index is 397. The fourth-order valence-corrected chi connectivity index (χ4v) is 2.06. The summed E-state index contributed by atoms with van der Waals surface area (Å²) >= 11 is 0. The molecule has 88 valence electrons. The van der Waals surface area contributed by atoms with E-state index >= 15 is 0 Å². The van der Waals surface area contributed by atoms with Gasteiger partial charge in [0.05, 0.1) is 6.54 Å². The fraction of sp³-hybridized carbons (Fsp3) is 0.727. The molecular formula is C11H18N4O. The van der Waals surface area contributed by atoms with Gasteiger partial charge < -0.3 is 9.47 Å². The van der Waals surface area contributed by atoms with Crippen molar-refractivity contribution in [1.82, 2.24) is 19.7 Å². The number of aryl methyl sites for hydroxylation is 1. The molecule has 0 bridgehead atoms. The summed E-state index contributed by atoms with van der Waals surface area (Å²) in [5.74, 6) is 2.14. The lowest BCUT2D eigenvalue weighted by Crippen LogP contribution is -2.31. The van der Waals surface area contributed by atoms with Gasteiger partial charge in [-0.25, -0.2) is 0 Å². The minimum Gasteiger partial charge on any atom is -0.338 e. The molecule has 5 nitrogen and oxygen atoms in total. The highest BCUT2D eigenvalue weighted by Crippen LogP contribution is 2.15. The van der Waals surface area contributed by atoms with Crippen LogP contribution in [0.15, 0.2) is 0 Å². The van der Waals surface area contributed by atoms with Gasteiger partial charge in [-0.05, 0) is 6.42 Å². The van der Waals surface area contributed by atoms with Crippen LogP contribution in [0.3, 0.4) is 0 Å². The maximum Gasteiger partial charge on any atom is 0.225 e. The zero-order valence-electron chi connectivity index (χ0n) is 10.1. The quantitative estimate of drug-likeness (QED) is 0.761. The van der Waals surface area contributed by atoms with E-state index < -0.39 is 0 Å². The molecule has 0 radical (unpaired) electrons. The van der Waals surface area contributed by atoms with E-state index in [0.29, 0.717) is 6.54 Å². The summed E-state index contributed by atoms with van der Waals surface area (Å²) in [5, 5.41) is 8.27. The first kappa shape index (κ1) is 11.1. The second kappa shape index (κ2) is 4.23. The maximum atomic E-state index is 11.7. The smallest absolute Gasteiger partial charge is 0.225 e. The first-order chi connectivity index (χ1) is 7.59. The highest BCUT2D eigenvalue weighted by molar-refractivity contribution is 5.77. The molecule has 0 N–H and O–H groups in total. The van der Waals surface area contributed by atoms with Crippen LogP contribution in [0.4, 0.5) is 0 Å². The van der Waals surface area contributed by atoms with E-state index in [9.17, 15) is 4.79 Å². The van der Waals surface area contributed by atoms with Gasteiger partial charge in [0.1, 0.15) is 5.82 Å². The number of carbonyl (C=O) groups is 1. The van der Waals surface area contributed by atoms with Crippen molar-refractivity contribution in [3.8, 4) is 0 Å². The van der Waals surface area contributed by atoms with Crippen molar-refractivity contribution in [2.75, 3.05) is 7.05 Å². The molecule has 0 saturated heterocycles. The van der Waals surface area contributed by atoms with Gasteiger partial charge in [-0.3, -0.25) is 4.79 Å². The number of carbonyl (C=O) groups excluding carboxylic acids is 1. The molecule has 1 amide bonds. The zero-order valence-corrected chi connectivity index (χ0v) is 10.1. The summed E-state index contributed by atoms with van der Waals surface area (Å²) in [6.07, 6.45) is 2.15. The van der Waals surface area contributed by atoms with Crippen molar-refractivity contribution < 1.29 is 4.79 Å². The van der Waals surface area contributed by atoms with Crippen molar-refractivity contribution in [2.24, 2.45) is 5.92 Å². The molecular weight excluding hydrogens is 204 g/mol. The maximum absolute atomic E-state index is 11.7. The van der Waals surface area contributed by atoms with Crippen LogP contribution in [-0.4, -0.2) is 32.6 Å². The van der Waals surface area contributed by atoms with Crippen LogP contribution in [0.25, 0.3) is 0 Å². The molecule has 1 aromatic rings. The van der Waals surface area contributed by atoms with Crippen LogP contribution in [0, 0.1) is 5.92 Å². The van der Waals surface area contributed by atoms with Gasteiger partial charge in [0.15, 0.2) is 5.82 Å². The SMILES string of the molecule is CC(C)C(=O)N(C)Cc1nnc2n1CCC2. The minimum atomic E-state index is 0.0333. The van der Waals surface area contributed by atoms with E-state index in [1.165, 1.54) is 0 Å². The Hall–Kier alpha value is -1.39. The second-order valence-corrected chi connectivity index (χ2v) is 4.64. The first-order valence-electron chi connectivity index (χ1n) is 5.75. The van der Waals surface area contributed by atoms with Crippen LogP contribution in [0.5, 0.6) is 0 Å². The standard InChI is InChI=1S/C11H18N4O/c1-8(2)11(16)14(3)7-10-13-12-9-5-4-6-15(9)10/h8H,4-7H2,1-3H3. The summed E-state index contributed by atoms with van der Waals surface area (Å²) in [5.41, 5.74) is 0. The van der Waals surface area contributed by atoms with Crippen LogP contribution in [0.2, 0.25) is 0 Å². The summed E-state index contributed by atoms with van der Waals surface area (Å²) in [6.45, 7) is 5.37. The molecule has 0 atom stereocenters. The minimum absolute atomic E-state index is 0.0333. The fourth-order valence-electron chi connectivity index (χ4n) is 2.06. The molecule has 1 aliphatic heterocycles. The monoisotopic (exact) mass is 222 g/mol. The lowest BCUT2D eigenvalue weighted by Gasteiger charge is -2.18. The van der Waals surface area contributed by atoms with Crippen LogP contribution >= 0.6 is 0 Å². The van der Waals surface area contributed by atoms with Crippen molar-refractivity contribution in [2.45, 2.75) is 39.8 Å². The Morgan fingerprint density at radius 1 is 1.50 bits per heavy atom. The summed E-state index contributed by atoms with van der Waals surface area (Å²) in [7, 11) is 1.82. The van der Waals surface area contributed by atoms with Crippen molar-refractivity contribution >= 4 is 5.91 Å². The van der Waals surface area contributed by atoms with Gasteiger partial charge in [0, 0.05) is 25.9 Å². The van der Waals surface area contributed by atoms with E-state index in [1.807, 2.05) is 20.9 Å². The van der Waals surface area contributed by atoms with E-state index in [4.69, 9.17) is 0 Å². The normalized spacial score (nSPS) is 14.2. The molecule has 2 heterocycles. The number of aromatic nitrogens is 3. The molecule has 0 fully saturated rings. The Labute approximate surface area is 95.5 Å². The number of hydrogen-bond donors (Lipinski definition) is 0. The van der Waals surface area contributed by atoms with Gasteiger partial charge in [-0.2, -0.15) is 0 Å². The third-order valence-electron chi connectivity index (χ3n) is 2.93. The van der Waals surface area contributed by atoms with Gasteiger partial charge in [0.25, 0.3) is 0 Å². The largest absolute Gasteiger partial charge is 0.338 e. The highest BCUT2D eigenvalue weighted by atomic mass is 16.2. The van der Waals surface area contributed by atoms with Gasteiger partial charge in [-0.1, -0.05) is 13.8 Å². The molecule has 1 aromatic heterocycles. The number of fused-ring (bicyclic) bond motifs is 1. The number of amides is 1. The summed E-state index contributed by atoms with van der Waals surface area (Å²) < 4.78 is 2.13. The molecule has 16 heavy (non-hydrogen) atoms. The van der Waals surface area contributed by atoms with Gasteiger partial charge in [0.2, 0.25) is 5.91 Å². The molecule has 1 aliphatic rings. The van der Waals surface area contributed by atoms with Gasteiger partial charge >= 0.3 is 0 Å². The van der Waals surface area contributed by atoms with Crippen LogP contribution in [-0.2, 0) is 24.3 Å². The molecule has 0 aromatic carbocycles. The lowest BCUT2D eigenvalue weighted by atomic mass is 10.2. The average molecular weight is 222 g/mol. The number of rotatable bonds is 3. The molecule has 0 unspecified atom stereocenters. The van der Waals surface area contributed by atoms with Crippen LogP contribution in [0.1, 0.15) is 31.9 Å². The molecule has 0 aliphatic carbocycles. The molecule has 5 heteroatoms. The zero-order chi connectivity index (χ0) is 11.7. The second-order valence-electron chi connectivity index (χ2n) is 4.64. The van der Waals surface area contributed by atoms with Crippen molar-refractivity contribution in [1.29, 1.82) is 0 Å². The average Bonchev–Trinajstić information content (AvgIpc) is 2.81. The van der Waals surface area contributed by atoms with E-state index in [0.717, 1.165) is 31.0 Å². The summed E-state index contributed by atoms with van der Waals surface area (Å²) in [6, 6.07) is 0. The Balaban J connectivity index is 2.07. The van der Waals surface area contributed by atoms with E-state index in [2.05, 4.69) is 14.8 Å². The third kappa shape index (κ3) is 1.94. The number of hydrogen-bond acceptors (Lipinski definition) is 3. The molecule has 2 rings (SSSR count). The Morgan fingerprint density at radius 2 is 2.25 bits per heavy atom. The van der Waals surface area contributed by atoms with Crippen LogP contribution < -0.4 is 0 Å². The Morgan fingerprint density at radius 3 is 2.94 bits per heavy atom. The molecule has 0 saturated carbocycles. The predicted molar refractivity (Wildman–Crippen MR) is 59.7 cm³/mol. The third-order valence-corrected chi connectivity index (χ3v) is 2.93. The topological polar surface area (TPSA) is 51.0 Å². The van der Waals surface area contributed by atoms with Crippen molar-refractivity contribution in [3.63, 3.8) is 0 Å².